The molecule has 1 amide bonds. The second-order valence-electron chi connectivity index (χ2n) is 3.40. The number of carboxylic acids is 1. The number of halogens is 2. The number of carbonyl (C=O) groups excluding carboxylic acids is 1. The number of carboxylic acid groups (broad SMARTS) is 1. The van der Waals surface area contributed by atoms with Gasteiger partial charge in [-0.25, -0.2) is 9.18 Å². The number of nitrogens with one attached hydrogen (secondary N) is 1. The van der Waals surface area contributed by atoms with E-state index in [0.29, 0.717) is 0 Å². The van der Waals surface area contributed by atoms with Gasteiger partial charge in [-0.1, -0.05) is 11.6 Å². The van der Waals surface area contributed by atoms with Gasteiger partial charge in [0.05, 0.1) is 5.56 Å². The third-order valence-corrected chi connectivity index (χ3v) is 2.33. The van der Waals surface area contributed by atoms with Crippen molar-refractivity contribution >= 4 is 23.5 Å². The molecular weight excluding hydrogens is 261 g/mol. The van der Waals surface area contributed by atoms with E-state index >= 15 is 0 Å². The molecule has 1 atom stereocenters. The van der Waals surface area contributed by atoms with E-state index in [9.17, 15) is 14.0 Å². The summed E-state index contributed by atoms with van der Waals surface area (Å²) in [5.41, 5.74) is -0.328. The summed E-state index contributed by atoms with van der Waals surface area (Å²) in [7, 11) is 0. The molecule has 4 nitrogen and oxygen atoms in total. The number of hydrogen-bond acceptors (Lipinski definition) is 2. The van der Waals surface area contributed by atoms with Crippen LogP contribution in [0.1, 0.15) is 16.8 Å². The van der Waals surface area contributed by atoms with Crippen LogP contribution in [-0.4, -0.2) is 23.0 Å². The van der Waals surface area contributed by atoms with Crippen LogP contribution in [0.2, 0.25) is 5.02 Å². The summed E-state index contributed by atoms with van der Waals surface area (Å²) < 4.78 is 13.4. The quantitative estimate of drug-likeness (QED) is 0.818. The monoisotopic (exact) mass is 269 g/mol. The standard InChI is InChI=1S/C12H9ClFNO3/c1-2-3-10(12(17)18)15-11(16)8-6-7(13)4-5-9(8)14/h1,4-6,10H,3H2,(H,15,16)(H,17,18). The van der Waals surface area contributed by atoms with Gasteiger partial charge in [0.2, 0.25) is 0 Å². The van der Waals surface area contributed by atoms with Crippen LogP contribution in [-0.2, 0) is 4.79 Å². The van der Waals surface area contributed by atoms with Crippen molar-refractivity contribution in [1.29, 1.82) is 0 Å². The lowest BCUT2D eigenvalue weighted by Gasteiger charge is -2.12. The number of amides is 1. The maximum Gasteiger partial charge on any atom is 0.327 e. The number of benzene rings is 1. The van der Waals surface area contributed by atoms with Crippen molar-refractivity contribution < 1.29 is 19.1 Å². The van der Waals surface area contributed by atoms with Gasteiger partial charge in [-0.15, -0.1) is 12.3 Å². The molecule has 0 aliphatic heterocycles. The van der Waals surface area contributed by atoms with Crippen LogP contribution in [0.3, 0.4) is 0 Å². The van der Waals surface area contributed by atoms with Gasteiger partial charge in [-0.3, -0.25) is 4.79 Å². The molecule has 1 rings (SSSR count). The minimum absolute atomic E-state index is 0.172. The van der Waals surface area contributed by atoms with Gasteiger partial charge in [-0.2, -0.15) is 0 Å². The molecule has 0 aromatic heterocycles. The van der Waals surface area contributed by atoms with Crippen LogP contribution in [0.5, 0.6) is 0 Å². The molecule has 18 heavy (non-hydrogen) atoms. The summed E-state index contributed by atoms with van der Waals surface area (Å²) in [5.74, 6) is -0.839. The Balaban J connectivity index is 2.91. The predicted octanol–water partition coefficient (Wildman–Crippen LogP) is 1.69. The number of carbonyl (C=O) groups is 2. The summed E-state index contributed by atoms with van der Waals surface area (Å²) in [4.78, 5) is 22.4. The second kappa shape index (κ2) is 6.03. The third-order valence-electron chi connectivity index (χ3n) is 2.10. The fourth-order valence-electron chi connectivity index (χ4n) is 1.23. The lowest BCUT2D eigenvalue weighted by atomic mass is 10.1. The summed E-state index contributed by atoms with van der Waals surface area (Å²) in [6.07, 6.45) is 4.78. The SMILES string of the molecule is C#CCC(NC(=O)c1cc(Cl)ccc1F)C(=O)O. The molecule has 0 spiro atoms. The van der Waals surface area contributed by atoms with E-state index in [-0.39, 0.29) is 17.0 Å². The minimum Gasteiger partial charge on any atom is -0.480 e. The van der Waals surface area contributed by atoms with Gasteiger partial charge in [0, 0.05) is 11.4 Å². The number of hydrogen-bond donors (Lipinski definition) is 2. The van der Waals surface area contributed by atoms with Crippen LogP contribution >= 0.6 is 11.6 Å². The smallest absolute Gasteiger partial charge is 0.327 e. The van der Waals surface area contributed by atoms with Crippen molar-refractivity contribution in [1.82, 2.24) is 5.32 Å². The molecule has 2 N–H and O–H groups in total. The molecule has 0 bridgehead atoms. The molecule has 0 fully saturated rings. The maximum absolute atomic E-state index is 13.4. The summed E-state index contributed by atoms with van der Waals surface area (Å²) in [6.45, 7) is 0. The topological polar surface area (TPSA) is 66.4 Å². The molecule has 0 saturated heterocycles. The third kappa shape index (κ3) is 3.47. The van der Waals surface area contributed by atoms with Crippen LogP contribution < -0.4 is 5.32 Å². The Morgan fingerprint density at radius 3 is 2.78 bits per heavy atom. The lowest BCUT2D eigenvalue weighted by molar-refractivity contribution is -0.139. The molecule has 94 valence electrons. The fraction of sp³-hybridized carbons (Fsp3) is 0.167. The normalized spacial score (nSPS) is 11.4. The first-order valence-electron chi connectivity index (χ1n) is 4.88. The average molecular weight is 270 g/mol. The number of terminal acetylenes is 1. The first-order valence-corrected chi connectivity index (χ1v) is 5.25. The van der Waals surface area contributed by atoms with E-state index in [4.69, 9.17) is 23.1 Å². The van der Waals surface area contributed by atoms with Crippen molar-refractivity contribution in [2.75, 3.05) is 0 Å². The van der Waals surface area contributed by atoms with Gasteiger partial charge in [0.25, 0.3) is 5.91 Å². The molecule has 6 heteroatoms. The highest BCUT2D eigenvalue weighted by molar-refractivity contribution is 6.31. The largest absolute Gasteiger partial charge is 0.480 e. The lowest BCUT2D eigenvalue weighted by Crippen LogP contribution is -2.40. The predicted molar refractivity (Wildman–Crippen MR) is 63.8 cm³/mol. The van der Waals surface area contributed by atoms with Gasteiger partial charge in [0.15, 0.2) is 0 Å². The van der Waals surface area contributed by atoms with E-state index in [2.05, 4.69) is 11.2 Å². The molecule has 0 aliphatic carbocycles. The van der Waals surface area contributed by atoms with Crippen molar-refractivity contribution in [3.8, 4) is 12.3 Å². The highest BCUT2D eigenvalue weighted by atomic mass is 35.5. The van der Waals surface area contributed by atoms with Gasteiger partial charge in [-0.05, 0) is 18.2 Å². The average Bonchev–Trinajstić information content (AvgIpc) is 2.31. The van der Waals surface area contributed by atoms with Crippen molar-refractivity contribution in [2.45, 2.75) is 12.5 Å². The van der Waals surface area contributed by atoms with Crippen molar-refractivity contribution in [3.05, 3.63) is 34.6 Å². The first-order chi connectivity index (χ1) is 8.45. The summed E-state index contributed by atoms with van der Waals surface area (Å²) in [6, 6.07) is 2.15. The Hall–Kier alpha value is -2.06. The zero-order valence-electron chi connectivity index (χ0n) is 9.11. The molecular formula is C12H9ClFNO3. The minimum atomic E-state index is -1.29. The van der Waals surface area contributed by atoms with Crippen LogP contribution in [0, 0.1) is 18.2 Å². The Bertz CT molecular complexity index is 525. The van der Waals surface area contributed by atoms with Gasteiger partial charge < -0.3 is 10.4 Å². The molecule has 0 radical (unpaired) electrons. The van der Waals surface area contributed by atoms with E-state index < -0.39 is 23.7 Å². The van der Waals surface area contributed by atoms with E-state index in [0.717, 1.165) is 12.1 Å². The van der Waals surface area contributed by atoms with Gasteiger partial charge in [0.1, 0.15) is 11.9 Å². The van der Waals surface area contributed by atoms with Gasteiger partial charge >= 0.3 is 5.97 Å². The van der Waals surface area contributed by atoms with Crippen molar-refractivity contribution in [3.63, 3.8) is 0 Å². The fourth-order valence-corrected chi connectivity index (χ4v) is 1.40. The summed E-state index contributed by atoms with van der Waals surface area (Å²) in [5, 5.41) is 11.1. The highest BCUT2D eigenvalue weighted by Gasteiger charge is 2.21. The van der Waals surface area contributed by atoms with E-state index in [1.807, 2.05) is 0 Å². The molecule has 0 heterocycles. The Labute approximate surface area is 108 Å². The molecule has 0 aliphatic rings. The Kier molecular flexibility index (Phi) is 4.69. The molecule has 1 unspecified atom stereocenters. The van der Waals surface area contributed by atoms with E-state index in [1.54, 1.807) is 0 Å². The maximum atomic E-state index is 13.4. The Morgan fingerprint density at radius 1 is 1.56 bits per heavy atom. The highest BCUT2D eigenvalue weighted by Crippen LogP contribution is 2.15. The van der Waals surface area contributed by atoms with E-state index in [1.165, 1.54) is 6.07 Å². The molecule has 1 aromatic rings. The zero-order chi connectivity index (χ0) is 13.7. The Morgan fingerprint density at radius 2 is 2.22 bits per heavy atom. The number of rotatable bonds is 4. The van der Waals surface area contributed by atoms with Crippen molar-refractivity contribution in [2.24, 2.45) is 0 Å². The number of aliphatic carboxylic acids is 1. The van der Waals surface area contributed by atoms with Crippen LogP contribution in [0.25, 0.3) is 0 Å². The second-order valence-corrected chi connectivity index (χ2v) is 3.83. The van der Waals surface area contributed by atoms with Crippen LogP contribution in [0.15, 0.2) is 18.2 Å². The zero-order valence-corrected chi connectivity index (χ0v) is 9.87. The van der Waals surface area contributed by atoms with Crippen LogP contribution in [0.4, 0.5) is 4.39 Å². The molecule has 0 saturated carbocycles. The first kappa shape index (κ1) is 14.0. The molecule has 1 aromatic carbocycles. The summed E-state index contributed by atoms with van der Waals surface area (Å²) >= 11 is 5.63.